The number of H-pyrrole nitrogens is 1. The molecule has 3 aromatic heterocycles. The molecule has 0 aliphatic rings. The van der Waals surface area contributed by atoms with Gasteiger partial charge in [-0.1, -0.05) is 13.0 Å². The van der Waals surface area contributed by atoms with Crippen LogP contribution in [0.15, 0.2) is 59.9 Å². The van der Waals surface area contributed by atoms with Gasteiger partial charge in [-0.15, -0.1) is 0 Å². The molecular formula is C22H19F2N7O. The fourth-order valence-corrected chi connectivity index (χ4v) is 3.27. The number of hydrogen-bond donors (Lipinski definition) is 2. The van der Waals surface area contributed by atoms with Crippen LogP contribution in [0, 0.1) is 11.6 Å². The van der Waals surface area contributed by atoms with E-state index in [9.17, 15) is 13.6 Å². The number of nitrogen functional groups attached to an aromatic ring is 1. The van der Waals surface area contributed by atoms with Crippen LogP contribution in [-0.2, 0) is 6.42 Å². The van der Waals surface area contributed by atoms with E-state index in [0.717, 1.165) is 6.42 Å². The number of fused-ring (bicyclic) bond motifs is 2. The van der Waals surface area contributed by atoms with Crippen molar-refractivity contribution in [1.29, 1.82) is 0 Å². The van der Waals surface area contributed by atoms with Crippen molar-refractivity contribution in [2.24, 2.45) is 0 Å². The summed E-state index contributed by atoms with van der Waals surface area (Å²) in [6, 6.07) is 9.90. The first-order valence-electron chi connectivity index (χ1n) is 9.85. The van der Waals surface area contributed by atoms with Crippen molar-refractivity contribution < 1.29 is 8.78 Å². The Morgan fingerprint density at radius 2 is 1.84 bits per heavy atom. The van der Waals surface area contributed by atoms with E-state index in [4.69, 9.17) is 5.73 Å². The smallest absolute Gasteiger partial charge is 0.268 e. The molecule has 0 saturated heterocycles. The highest BCUT2D eigenvalue weighted by molar-refractivity contribution is 5.80. The molecule has 3 heterocycles. The lowest BCUT2D eigenvalue weighted by atomic mass is 10.2. The predicted octanol–water partition coefficient (Wildman–Crippen LogP) is 3.55. The molecule has 0 saturated carbocycles. The number of hydrogen-bond acceptors (Lipinski definition) is 6. The van der Waals surface area contributed by atoms with E-state index >= 15 is 0 Å². The number of nitrogens with one attached hydrogen (secondary N) is 1. The number of aromatic amines is 1. The van der Waals surface area contributed by atoms with Gasteiger partial charge in [0.2, 0.25) is 0 Å². The SMILES string of the molecule is CCCc1nc2cccc(F)c2c(=O)n1-c1ccc(F)cc1.Nc1ncnc2nc[nH]c12. The summed E-state index contributed by atoms with van der Waals surface area (Å²) in [4.78, 5) is 31.5. The molecule has 0 amide bonds. The number of nitrogens with zero attached hydrogens (tertiary/aromatic N) is 5. The van der Waals surface area contributed by atoms with Crippen LogP contribution in [0.3, 0.4) is 0 Å². The summed E-state index contributed by atoms with van der Waals surface area (Å²) in [5.74, 6) is -0.0256. The molecule has 0 atom stereocenters. The average molecular weight is 435 g/mol. The highest BCUT2D eigenvalue weighted by Gasteiger charge is 2.15. The topological polar surface area (TPSA) is 115 Å². The Kier molecular flexibility index (Phi) is 5.84. The van der Waals surface area contributed by atoms with Crippen LogP contribution in [0.25, 0.3) is 27.8 Å². The number of aromatic nitrogens is 6. The summed E-state index contributed by atoms with van der Waals surface area (Å²) in [6.07, 6.45) is 4.28. The van der Waals surface area contributed by atoms with Crippen LogP contribution in [-0.4, -0.2) is 29.5 Å². The zero-order chi connectivity index (χ0) is 22.7. The van der Waals surface area contributed by atoms with Crippen LogP contribution in [0.5, 0.6) is 0 Å². The molecule has 32 heavy (non-hydrogen) atoms. The van der Waals surface area contributed by atoms with Crippen LogP contribution >= 0.6 is 0 Å². The Morgan fingerprint density at radius 3 is 2.56 bits per heavy atom. The van der Waals surface area contributed by atoms with E-state index in [2.05, 4.69) is 24.9 Å². The van der Waals surface area contributed by atoms with Crippen LogP contribution in [0.1, 0.15) is 19.2 Å². The molecule has 10 heteroatoms. The van der Waals surface area contributed by atoms with E-state index in [1.807, 2.05) is 6.92 Å². The van der Waals surface area contributed by atoms with Crippen molar-refractivity contribution in [1.82, 2.24) is 29.5 Å². The minimum atomic E-state index is -0.603. The first-order chi connectivity index (χ1) is 15.5. The number of rotatable bonds is 3. The molecule has 2 aromatic carbocycles. The zero-order valence-electron chi connectivity index (χ0n) is 17.1. The molecule has 0 spiro atoms. The molecule has 0 aliphatic carbocycles. The number of imidazole rings is 1. The molecule has 0 radical (unpaired) electrons. The van der Waals surface area contributed by atoms with E-state index in [1.54, 1.807) is 6.07 Å². The van der Waals surface area contributed by atoms with Crippen molar-refractivity contribution >= 4 is 27.9 Å². The van der Waals surface area contributed by atoms with Crippen molar-refractivity contribution in [3.05, 3.63) is 82.9 Å². The second-order valence-corrected chi connectivity index (χ2v) is 6.89. The number of nitrogens with two attached hydrogens (primary N) is 1. The summed E-state index contributed by atoms with van der Waals surface area (Å²) in [5.41, 5.74) is 7.12. The van der Waals surface area contributed by atoms with Gasteiger partial charge in [-0.05, 0) is 42.8 Å². The molecule has 8 nitrogen and oxygen atoms in total. The monoisotopic (exact) mass is 435 g/mol. The van der Waals surface area contributed by atoms with Gasteiger partial charge >= 0.3 is 0 Å². The largest absolute Gasteiger partial charge is 0.382 e. The van der Waals surface area contributed by atoms with Gasteiger partial charge in [-0.25, -0.2) is 28.7 Å². The Hall–Kier alpha value is -4.21. The number of anilines is 1. The quantitative estimate of drug-likeness (QED) is 0.448. The van der Waals surface area contributed by atoms with Gasteiger partial charge in [0.05, 0.1) is 17.5 Å². The lowest BCUT2D eigenvalue weighted by Gasteiger charge is -2.13. The van der Waals surface area contributed by atoms with Gasteiger partial charge in [0.15, 0.2) is 11.5 Å². The molecule has 0 bridgehead atoms. The van der Waals surface area contributed by atoms with Gasteiger partial charge in [0.1, 0.15) is 34.7 Å². The normalized spacial score (nSPS) is 10.8. The maximum Gasteiger partial charge on any atom is 0.268 e. The molecular weight excluding hydrogens is 416 g/mol. The third-order valence-corrected chi connectivity index (χ3v) is 4.73. The second kappa shape index (κ2) is 8.88. The van der Waals surface area contributed by atoms with Gasteiger partial charge in [0, 0.05) is 6.42 Å². The molecule has 5 rings (SSSR count). The van der Waals surface area contributed by atoms with Crippen LogP contribution < -0.4 is 11.3 Å². The fourth-order valence-electron chi connectivity index (χ4n) is 3.27. The number of aryl methyl sites for hydroxylation is 1. The summed E-state index contributed by atoms with van der Waals surface area (Å²) in [6.45, 7) is 1.97. The van der Waals surface area contributed by atoms with Gasteiger partial charge in [-0.2, -0.15) is 0 Å². The van der Waals surface area contributed by atoms with Gasteiger partial charge < -0.3 is 10.7 Å². The molecule has 0 unspecified atom stereocenters. The first-order valence-corrected chi connectivity index (χ1v) is 9.85. The number of halogens is 2. The standard InChI is InChI=1S/C17H14F2N2O.C5H5N5/c1-2-4-15-20-14-6-3-5-13(19)16(14)17(22)21(15)12-9-7-11(18)8-10-12;6-4-3-5(9-1-7-3)10-2-8-4/h3,5-10H,2,4H2,1H3;1-2H,(H3,6,7,8,9,10). The predicted molar refractivity (Wildman–Crippen MR) is 117 cm³/mol. The highest BCUT2D eigenvalue weighted by atomic mass is 19.1. The zero-order valence-corrected chi connectivity index (χ0v) is 17.1. The van der Waals surface area contributed by atoms with Crippen molar-refractivity contribution in [2.75, 3.05) is 5.73 Å². The average Bonchev–Trinajstić information content (AvgIpc) is 3.26. The van der Waals surface area contributed by atoms with E-state index < -0.39 is 17.2 Å². The Bertz CT molecular complexity index is 1440. The number of benzene rings is 2. The molecule has 0 fully saturated rings. The Labute approximate surface area is 180 Å². The summed E-state index contributed by atoms with van der Waals surface area (Å²) in [7, 11) is 0. The van der Waals surface area contributed by atoms with Crippen LogP contribution in [0.2, 0.25) is 0 Å². The Morgan fingerprint density at radius 1 is 1.06 bits per heavy atom. The molecule has 0 aliphatic heterocycles. The van der Waals surface area contributed by atoms with E-state index in [1.165, 1.54) is 53.6 Å². The maximum atomic E-state index is 14.0. The summed E-state index contributed by atoms with van der Waals surface area (Å²) >= 11 is 0. The Balaban J connectivity index is 0.000000203. The van der Waals surface area contributed by atoms with Crippen molar-refractivity contribution in [3.8, 4) is 5.69 Å². The van der Waals surface area contributed by atoms with Crippen molar-refractivity contribution in [2.45, 2.75) is 19.8 Å². The second-order valence-electron chi connectivity index (χ2n) is 6.89. The first kappa shape index (κ1) is 21.0. The minimum Gasteiger partial charge on any atom is -0.382 e. The summed E-state index contributed by atoms with van der Waals surface area (Å²) in [5, 5.41) is -0.0494. The molecule has 162 valence electrons. The maximum absolute atomic E-state index is 14.0. The third-order valence-electron chi connectivity index (χ3n) is 4.73. The highest BCUT2D eigenvalue weighted by Crippen LogP contribution is 2.17. The molecule has 3 N–H and O–H groups in total. The fraction of sp³-hybridized carbons (Fsp3) is 0.136. The summed E-state index contributed by atoms with van der Waals surface area (Å²) < 4.78 is 28.5. The van der Waals surface area contributed by atoms with Crippen LogP contribution in [0.4, 0.5) is 14.6 Å². The molecule has 5 aromatic rings. The van der Waals surface area contributed by atoms with Gasteiger partial charge in [-0.3, -0.25) is 9.36 Å². The third kappa shape index (κ3) is 4.02. The van der Waals surface area contributed by atoms with Crippen molar-refractivity contribution in [3.63, 3.8) is 0 Å². The van der Waals surface area contributed by atoms with Gasteiger partial charge in [0.25, 0.3) is 5.56 Å². The van der Waals surface area contributed by atoms with E-state index in [0.29, 0.717) is 40.4 Å². The lowest BCUT2D eigenvalue weighted by Crippen LogP contribution is -2.24. The lowest BCUT2D eigenvalue weighted by molar-refractivity contribution is 0.626. The van der Waals surface area contributed by atoms with E-state index in [-0.39, 0.29) is 5.39 Å². The minimum absolute atomic E-state index is 0.0494.